The lowest BCUT2D eigenvalue weighted by atomic mass is 10.1. The molecule has 2 rings (SSSR count). The van der Waals surface area contributed by atoms with E-state index in [9.17, 15) is 4.79 Å². The van der Waals surface area contributed by atoms with Crippen molar-refractivity contribution < 1.29 is 4.79 Å². The summed E-state index contributed by atoms with van der Waals surface area (Å²) in [6.45, 7) is 0. The van der Waals surface area contributed by atoms with Gasteiger partial charge in [-0.15, -0.1) is 0 Å². The fourth-order valence-electron chi connectivity index (χ4n) is 1.38. The number of carbonyl (C=O) groups is 1. The number of aromatic nitrogens is 2. The fourth-order valence-corrected chi connectivity index (χ4v) is 1.38. The van der Waals surface area contributed by atoms with E-state index in [4.69, 9.17) is 0 Å². The number of carbonyl (C=O) groups excluding carboxylic acids is 1. The molecule has 1 aromatic heterocycles. The van der Waals surface area contributed by atoms with Crippen LogP contribution in [0.4, 0.5) is 0 Å². The van der Waals surface area contributed by atoms with Crippen LogP contribution in [-0.2, 0) is 0 Å². The van der Waals surface area contributed by atoms with Crippen LogP contribution >= 0.6 is 0 Å². The SMILES string of the molecule is CN(C)C(=O)c1ccc2ncncc2c1. The lowest BCUT2D eigenvalue weighted by Gasteiger charge is -2.10. The number of nitrogens with zero attached hydrogens (tertiary/aromatic N) is 3. The van der Waals surface area contributed by atoms with Gasteiger partial charge >= 0.3 is 0 Å². The fraction of sp³-hybridized carbons (Fsp3) is 0.182. The Bertz CT molecular complexity index is 508. The van der Waals surface area contributed by atoms with Crippen LogP contribution in [0.2, 0.25) is 0 Å². The molecule has 0 saturated carbocycles. The van der Waals surface area contributed by atoms with Gasteiger partial charge in [-0.25, -0.2) is 9.97 Å². The molecule has 0 N–H and O–H groups in total. The minimum Gasteiger partial charge on any atom is -0.345 e. The maximum Gasteiger partial charge on any atom is 0.253 e. The summed E-state index contributed by atoms with van der Waals surface area (Å²) in [7, 11) is 3.46. The van der Waals surface area contributed by atoms with Crippen LogP contribution in [0.5, 0.6) is 0 Å². The molecule has 4 heteroatoms. The van der Waals surface area contributed by atoms with Crippen molar-refractivity contribution in [2.45, 2.75) is 0 Å². The van der Waals surface area contributed by atoms with Gasteiger partial charge in [0.2, 0.25) is 0 Å². The summed E-state index contributed by atoms with van der Waals surface area (Å²) < 4.78 is 0. The zero-order valence-electron chi connectivity index (χ0n) is 8.64. The molecule has 2 aromatic rings. The molecule has 0 radical (unpaired) electrons. The van der Waals surface area contributed by atoms with Crippen LogP contribution in [0.3, 0.4) is 0 Å². The van der Waals surface area contributed by atoms with Gasteiger partial charge in [-0.3, -0.25) is 4.79 Å². The van der Waals surface area contributed by atoms with E-state index in [1.54, 1.807) is 37.3 Å². The summed E-state index contributed by atoms with van der Waals surface area (Å²) in [6.07, 6.45) is 3.20. The predicted molar refractivity (Wildman–Crippen MR) is 57.6 cm³/mol. The smallest absolute Gasteiger partial charge is 0.253 e. The highest BCUT2D eigenvalue weighted by atomic mass is 16.2. The second-order valence-corrected chi connectivity index (χ2v) is 3.50. The van der Waals surface area contributed by atoms with E-state index in [2.05, 4.69) is 9.97 Å². The van der Waals surface area contributed by atoms with Crippen molar-refractivity contribution in [2.24, 2.45) is 0 Å². The quantitative estimate of drug-likeness (QED) is 0.699. The maximum atomic E-state index is 11.7. The van der Waals surface area contributed by atoms with Crippen LogP contribution in [0, 0.1) is 0 Å². The van der Waals surface area contributed by atoms with E-state index >= 15 is 0 Å². The molecule has 0 unspecified atom stereocenters. The van der Waals surface area contributed by atoms with Crippen LogP contribution < -0.4 is 0 Å². The molecule has 0 bridgehead atoms. The normalized spacial score (nSPS) is 10.3. The molecule has 15 heavy (non-hydrogen) atoms. The van der Waals surface area contributed by atoms with E-state index < -0.39 is 0 Å². The Morgan fingerprint density at radius 2 is 2.13 bits per heavy atom. The highest BCUT2D eigenvalue weighted by Crippen LogP contribution is 2.13. The predicted octanol–water partition coefficient (Wildman–Crippen LogP) is 1.33. The second kappa shape index (κ2) is 3.65. The van der Waals surface area contributed by atoms with Crippen molar-refractivity contribution in [2.75, 3.05) is 14.1 Å². The topological polar surface area (TPSA) is 46.1 Å². The van der Waals surface area contributed by atoms with E-state index in [1.807, 2.05) is 6.07 Å². The van der Waals surface area contributed by atoms with Crippen LogP contribution in [0.25, 0.3) is 10.9 Å². The summed E-state index contributed by atoms with van der Waals surface area (Å²) in [5.74, 6) is -0.0132. The molecule has 0 aliphatic heterocycles. The first-order valence-corrected chi connectivity index (χ1v) is 4.60. The van der Waals surface area contributed by atoms with Crippen molar-refractivity contribution in [3.05, 3.63) is 36.3 Å². The minimum atomic E-state index is -0.0132. The monoisotopic (exact) mass is 201 g/mol. The van der Waals surface area contributed by atoms with Crippen molar-refractivity contribution in [1.29, 1.82) is 0 Å². The van der Waals surface area contributed by atoms with E-state index in [0.29, 0.717) is 5.56 Å². The Hall–Kier alpha value is -1.97. The zero-order chi connectivity index (χ0) is 10.8. The van der Waals surface area contributed by atoms with Gasteiger partial charge in [0.1, 0.15) is 6.33 Å². The zero-order valence-corrected chi connectivity index (χ0v) is 8.64. The van der Waals surface area contributed by atoms with Crippen LogP contribution in [0.15, 0.2) is 30.7 Å². The molecular weight excluding hydrogens is 190 g/mol. The standard InChI is InChI=1S/C11H11N3O/c1-14(2)11(15)8-3-4-10-9(5-8)6-12-7-13-10/h3-7H,1-2H3. The summed E-state index contributed by atoms with van der Waals surface area (Å²) in [6, 6.07) is 5.41. The van der Waals surface area contributed by atoms with Gasteiger partial charge in [-0.1, -0.05) is 0 Å². The number of rotatable bonds is 1. The third-order valence-corrected chi connectivity index (χ3v) is 2.16. The van der Waals surface area contributed by atoms with E-state index in [-0.39, 0.29) is 5.91 Å². The average molecular weight is 201 g/mol. The van der Waals surface area contributed by atoms with Gasteiger partial charge in [0, 0.05) is 31.2 Å². The number of amides is 1. The van der Waals surface area contributed by atoms with Crippen molar-refractivity contribution in [3.8, 4) is 0 Å². The Morgan fingerprint density at radius 1 is 1.33 bits per heavy atom. The van der Waals surface area contributed by atoms with Crippen molar-refractivity contribution >= 4 is 16.8 Å². The van der Waals surface area contributed by atoms with Gasteiger partial charge in [-0.05, 0) is 18.2 Å². The third-order valence-electron chi connectivity index (χ3n) is 2.16. The van der Waals surface area contributed by atoms with Crippen LogP contribution in [0.1, 0.15) is 10.4 Å². The molecule has 76 valence electrons. The number of hydrogen-bond acceptors (Lipinski definition) is 3. The first-order chi connectivity index (χ1) is 7.18. The van der Waals surface area contributed by atoms with Gasteiger partial charge < -0.3 is 4.90 Å². The molecule has 1 heterocycles. The first-order valence-electron chi connectivity index (χ1n) is 4.60. The Kier molecular flexibility index (Phi) is 2.33. The molecule has 0 saturated heterocycles. The summed E-state index contributed by atoms with van der Waals surface area (Å²) >= 11 is 0. The van der Waals surface area contributed by atoms with Gasteiger partial charge in [0.25, 0.3) is 5.91 Å². The second-order valence-electron chi connectivity index (χ2n) is 3.50. The largest absolute Gasteiger partial charge is 0.345 e. The molecular formula is C11H11N3O. The number of hydrogen-bond donors (Lipinski definition) is 0. The Morgan fingerprint density at radius 3 is 2.87 bits per heavy atom. The molecule has 0 atom stereocenters. The number of fused-ring (bicyclic) bond motifs is 1. The summed E-state index contributed by atoms with van der Waals surface area (Å²) in [4.78, 5) is 21.2. The molecule has 0 aliphatic carbocycles. The van der Waals surface area contributed by atoms with Crippen molar-refractivity contribution in [1.82, 2.24) is 14.9 Å². The number of benzene rings is 1. The first kappa shape index (κ1) is 9.58. The highest BCUT2D eigenvalue weighted by molar-refractivity contribution is 5.97. The average Bonchev–Trinajstić information content (AvgIpc) is 2.27. The summed E-state index contributed by atoms with van der Waals surface area (Å²) in [5.41, 5.74) is 1.50. The molecule has 0 aliphatic rings. The van der Waals surface area contributed by atoms with Crippen LogP contribution in [-0.4, -0.2) is 34.9 Å². The molecule has 0 fully saturated rings. The third kappa shape index (κ3) is 1.79. The van der Waals surface area contributed by atoms with E-state index in [1.165, 1.54) is 6.33 Å². The Labute approximate surface area is 87.6 Å². The van der Waals surface area contributed by atoms with Gasteiger partial charge in [0.15, 0.2) is 0 Å². The summed E-state index contributed by atoms with van der Waals surface area (Å²) in [5, 5.41) is 0.880. The maximum absolute atomic E-state index is 11.7. The van der Waals surface area contributed by atoms with Gasteiger partial charge in [-0.2, -0.15) is 0 Å². The molecule has 1 aromatic carbocycles. The molecule has 4 nitrogen and oxygen atoms in total. The Balaban J connectivity index is 2.52. The molecule has 1 amide bonds. The van der Waals surface area contributed by atoms with Gasteiger partial charge in [0.05, 0.1) is 5.52 Å². The highest BCUT2D eigenvalue weighted by Gasteiger charge is 2.08. The lowest BCUT2D eigenvalue weighted by Crippen LogP contribution is -2.21. The van der Waals surface area contributed by atoms with Crippen molar-refractivity contribution in [3.63, 3.8) is 0 Å². The lowest BCUT2D eigenvalue weighted by molar-refractivity contribution is 0.0828. The van der Waals surface area contributed by atoms with E-state index in [0.717, 1.165) is 10.9 Å². The molecule has 0 spiro atoms. The minimum absolute atomic E-state index is 0.0132.